The molecule has 0 amide bonds. The molecule has 0 spiro atoms. The molecular weight excluding hydrogens is 148 g/mol. The molecule has 0 unspecified atom stereocenters. The van der Waals surface area contributed by atoms with E-state index in [1.165, 1.54) is 0 Å². The standard InChI is InChI=1S/C11H12O/c1-2-11(8-9-11)12-10-6-4-3-5-7-10/h2-7H,1,8-9H2. The molecule has 0 N–H and O–H groups in total. The van der Waals surface area contributed by atoms with Crippen LogP contribution in [0.2, 0.25) is 0 Å². The maximum Gasteiger partial charge on any atom is 0.127 e. The van der Waals surface area contributed by atoms with Gasteiger partial charge < -0.3 is 4.74 Å². The molecule has 0 aliphatic heterocycles. The Labute approximate surface area is 72.7 Å². The van der Waals surface area contributed by atoms with E-state index in [2.05, 4.69) is 6.58 Å². The zero-order valence-corrected chi connectivity index (χ0v) is 6.99. The minimum atomic E-state index is -0.0403. The van der Waals surface area contributed by atoms with E-state index >= 15 is 0 Å². The average Bonchev–Trinajstić information content (AvgIpc) is 2.88. The van der Waals surface area contributed by atoms with Crippen LogP contribution in [-0.2, 0) is 0 Å². The average molecular weight is 160 g/mol. The van der Waals surface area contributed by atoms with Crippen LogP contribution in [0.1, 0.15) is 12.8 Å². The largest absolute Gasteiger partial charge is 0.483 e. The van der Waals surface area contributed by atoms with Crippen LogP contribution in [0, 0.1) is 0 Å². The molecule has 1 nitrogen and oxygen atoms in total. The first-order valence-corrected chi connectivity index (χ1v) is 4.22. The molecule has 62 valence electrons. The fourth-order valence-electron chi connectivity index (χ4n) is 1.19. The molecule has 0 radical (unpaired) electrons. The van der Waals surface area contributed by atoms with Gasteiger partial charge in [0.2, 0.25) is 0 Å². The second-order valence-corrected chi connectivity index (χ2v) is 3.18. The number of hydrogen-bond acceptors (Lipinski definition) is 1. The van der Waals surface area contributed by atoms with Gasteiger partial charge in [-0.3, -0.25) is 0 Å². The van der Waals surface area contributed by atoms with Crippen molar-refractivity contribution in [1.29, 1.82) is 0 Å². The van der Waals surface area contributed by atoms with Gasteiger partial charge in [0.15, 0.2) is 0 Å². The second kappa shape index (κ2) is 2.67. The molecule has 1 aliphatic carbocycles. The Morgan fingerprint density at radius 2 is 1.92 bits per heavy atom. The quantitative estimate of drug-likeness (QED) is 0.618. The minimum absolute atomic E-state index is 0.0403. The summed E-state index contributed by atoms with van der Waals surface area (Å²) in [5.74, 6) is 0.940. The van der Waals surface area contributed by atoms with Gasteiger partial charge in [-0.2, -0.15) is 0 Å². The summed E-state index contributed by atoms with van der Waals surface area (Å²) < 4.78 is 5.74. The van der Waals surface area contributed by atoms with Crippen LogP contribution in [0.3, 0.4) is 0 Å². The van der Waals surface area contributed by atoms with Crippen molar-refractivity contribution >= 4 is 0 Å². The Hall–Kier alpha value is -1.24. The van der Waals surface area contributed by atoms with Gasteiger partial charge in [-0.1, -0.05) is 24.8 Å². The molecule has 2 rings (SSSR count). The first-order chi connectivity index (χ1) is 5.85. The molecule has 1 aromatic carbocycles. The van der Waals surface area contributed by atoms with Crippen molar-refractivity contribution < 1.29 is 4.74 Å². The monoisotopic (exact) mass is 160 g/mol. The highest BCUT2D eigenvalue weighted by molar-refractivity contribution is 5.25. The molecule has 1 fully saturated rings. The summed E-state index contributed by atoms with van der Waals surface area (Å²) >= 11 is 0. The lowest BCUT2D eigenvalue weighted by atomic mass is 10.3. The molecule has 1 aromatic rings. The van der Waals surface area contributed by atoms with Crippen LogP contribution in [0.15, 0.2) is 43.0 Å². The second-order valence-electron chi connectivity index (χ2n) is 3.18. The first-order valence-electron chi connectivity index (χ1n) is 4.22. The molecule has 0 aromatic heterocycles. The van der Waals surface area contributed by atoms with E-state index in [0.29, 0.717) is 0 Å². The third-order valence-electron chi connectivity index (χ3n) is 2.18. The van der Waals surface area contributed by atoms with E-state index in [1.54, 1.807) is 0 Å². The molecule has 0 saturated heterocycles. The highest BCUT2D eigenvalue weighted by atomic mass is 16.5. The molecule has 1 heteroatoms. The summed E-state index contributed by atoms with van der Waals surface area (Å²) in [4.78, 5) is 0. The van der Waals surface area contributed by atoms with Crippen LogP contribution < -0.4 is 4.74 Å². The van der Waals surface area contributed by atoms with Crippen molar-refractivity contribution in [3.8, 4) is 5.75 Å². The van der Waals surface area contributed by atoms with Crippen molar-refractivity contribution in [1.82, 2.24) is 0 Å². The third-order valence-corrected chi connectivity index (χ3v) is 2.18. The maximum atomic E-state index is 5.74. The number of hydrogen-bond donors (Lipinski definition) is 0. The van der Waals surface area contributed by atoms with Crippen LogP contribution in [-0.4, -0.2) is 5.60 Å². The van der Waals surface area contributed by atoms with Crippen molar-refractivity contribution in [2.24, 2.45) is 0 Å². The maximum absolute atomic E-state index is 5.74. The van der Waals surface area contributed by atoms with Crippen LogP contribution >= 0.6 is 0 Å². The predicted molar refractivity (Wildman–Crippen MR) is 49.2 cm³/mol. The van der Waals surface area contributed by atoms with E-state index in [1.807, 2.05) is 36.4 Å². The number of ether oxygens (including phenoxy) is 1. The van der Waals surface area contributed by atoms with Gasteiger partial charge in [0.25, 0.3) is 0 Å². The van der Waals surface area contributed by atoms with Gasteiger partial charge in [0, 0.05) is 0 Å². The van der Waals surface area contributed by atoms with E-state index < -0.39 is 0 Å². The topological polar surface area (TPSA) is 9.23 Å². The molecule has 12 heavy (non-hydrogen) atoms. The van der Waals surface area contributed by atoms with Gasteiger partial charge in [-0.15, -0.1) is 0 Å². The fraction of sp³-hybridized carbons (Fsp3) is 0.273. The number of benzene rings is 1. The predicted octanol–water partition coefficient (Wildman–Crippen LogP) is 2.78. The Balaban J connectivity index is 2.09. The molecule has 0 bridgehead atoms. The van der Waals surface area contributed by atoms with Gasteiger partial charge in [-0.05, 0) is 31.1 Å². The summed E-state index contributed by atoms with van der Waals surface area (Å²) in [7, 11) is 0. The van der Waals surface area contributed by atoms with Crippen LogP contribution in [0.25, 0.3) is 0 Å². The van der Waals surface area contributed by atoms with E-state index in [4.69, 9.17) is 4.74 Å². The molecule has 1 saturated carbocycles. The summed E-state index contributed by atoms with van der Waals surface area (Å²) in [6.45, 7) is 3.77. The normalized spacial score (nSPS) is 18.3. The zero-order chi connectivity index (χ0) is 8.44. The fourth-order valence-corrected chi connectivity index (χ4v) is 1.19. The van der Waals surface area contributed by atoms with Crippen molar-refractivity contribution in [2.75, 3.05) is 0 Å². The molecule has 0 atom stereocenters. The zero-order valence-electron chi connectivity index (χ0n) is 6.99. The SMILES string of the molecule is C=CC1(Oc2ccccc2)CC1. The Kier molecular flexibility index (Phi) is 1.65. The van der Waals surface area contributed by atoms with Gasteiger partial charge in [-0.25, -0.2) is 0 Å². The number of rotatable bonds is 3. The lowest BCUT2D eigenvalue weighted by molar-refractivity contribution is 0.230. The summed E-state index contributed by atoms with van der Waals surface area (Å²) in [6, 6.07) is 9.90. The number of para-hydroxylation sites is 1. The summed E-state index contributed by atoms with van der Waals surface area (Å²) in [6.07, 6.45) is 4.11. The van der Waals surface area contributed by atoms with Gasteiger partial charge in [0.05, 0.1) is 0 Å². The first kappa shape index (κ1) is 7.41. The molecule has 1 aliphatic rings. The van der Waals surface area contributed by atoms with Crippen LogP contribution in [0.5, 0.6) is 5.75 Å². The van der Waals surface area contributed by atoms with E-state index in [0.717, 1.165) is 18.6 Å². The van der Waals surface area contributed by atoms with Crippen molar-refractivity contribution in [3.05, 3.63) is 43.0 Å². The van der Waals surface area contributed by atoms with Gasteiger partial charge >= 0.3 is 0 Å². The van der Waals surface area contributed by atoms with Gasteiger partial charge in [0.1, 0.15) is 11.4 Å². The summed E-state index contributed by atoms with van der Waals surface area (Å²) in [5, 5.41) is 0. The van der Waals surface area contributed by atoms with Crippen LogP contribution in [0.4, 0.5) is 0 Å². The Morgan fingerprint density at radius 3 is 2.42 bits per heavy atom. The van der Waals surface area contributed by atoms with Crippen molar-refractivity contribution in [3.63, 3.8) is 0 Å². The lowest BCUT2D eigenvalue weighted by Crippen LogP contribution is -2.13. The highest BCUT2D eigenvalue weighted by Crippen LogP contribution is 2.40. The Morgan fingerprint density at radius 1 is 1.25 bits per heavy atom. The molecule has 0 heterocycles. The van der Waals surface area contributed by atoms with E-state index in [9.17, 15) is 0 Å². The Bertz CT molecular complexity index is 272. The lowest BCUT2D eigenvalue weighted by Gasteiger charge is -2.12. The third kappa shape index (κ3) is 1.35. The highest BCUT2D eigenvalue weighted by Gasteiger charge is 2.42. The van der Waals surface area contributed by atoms with E-state index in [-0.39, 0.29) is 5.60 Å². The minimum Gasteiger partial charge on any atom is -0.483 e. The summed E-state index contributed by atoms with van der Waals surface area (Å²) in [5.41, 5.74) is -0.0403. The van der Waals surface area contributed by atoms with Crippen molar-refractivity contribution in [2.45, 2.75) is 18.4 Å². The molecular formula is C11H12O. The smallest absolute Gasteiger partial charge is 0.127 e.